The maximum atomic E-state index is 12.0. The van der Waals surface area contributed by atoms with Gasteiger partial charge in [0.05, 0.1) is 11.6 Å². The summed E-state index contributed by atoms with van der Waals surface area (Å²) in [6.07, 6.45) is 1.58. The number of amides is 1. The first-order valence-corrected chi connectivity index (χ1v) is 7.34. The Kier molecular flexibility index (Phi) is 4.89. The molecular formula is C18H21ClN2O. The first-order valence-electron chi connectivity index (χ1n) is 7.34. The smallest absolute Gasteiger partial charge is 0.240 e. The number of hydrogen-bond donors (Lipinski definition) is 2. The van der Waals surface area contributed by atoms with Crippen LogP contribution in [0.3, 0.4) is 0 Å². The van der Waals surface area contributed by atoms with E-state index in [1.807, 2.05) is 25.1 Å². The van der Waals surface area contributed by atoms with Crippen LogP contribution in [0, 0.1) is 0 Å². The van der Waals surface area contributed by atoms with Gasteiger partial charge in [-0.25, -0.2) is 0 Å². The van der Waals surface area contributed by atoms with Gasteiger partial charge in [-0.3, -0.25) is 4.79 Å². The van der Waals surface area contributed by atoms with Gasteiger partial charge in [0.25, 0.3) is 0 Å². The summed E-state index contributed by atoms with van der Waals surface area (Å²) < 4.78 is 0. The number of carbonyl (C=O) groups is 1. The average Bonchev–Trinajstić information content (AvgIpc) is 3.27. The first kappa shape index (κ1) is 16.5. The van der Waals surface area contributed by atoms with Crippen LogP contribution in [0.15, 0.2) is 54.6 Å². The third-order valence-electron chi connectivity index (χ3n) is 4.11. The minimum Gasteiger partial charge on any atom is -0.348 e. The van der Waals surface area contributed by atoms with Crippen LogP contribution >= 0.6 is 12.4 Å². The van der Waals surface area contributed by atoms with E-state index < -0.39 is 5.54 Å². The predicted octanol–water partition coefficient (Wildman–Crippen LogP) is 3.44. The maximum absolute atomic E-state index is 12.0. The zero-order chi connectivity index (χ0) is 14.9. The summed E-state index contributed by atoms with van der Waals surface area (Å²) in [5.74, 6) is -0.0397. The summed E-state index contributed by atoms with van der Waals surface area (Å²) in [5.41, 5.74) is 8.75. The molecule has 3 rings (SSSR count). The van der Waals surface area contributed by atoms with Crippen molar-refractivity contribution >= 4 is 18.3 Å². The van der Waals surface area contributed by atoms with Gasteiger partial charge in [-0.05, 0) is 36.5 Å². The lowest BCUT2D eigenvalue weighted by atomic mass is 10.0. The lowest BCUT2D eigenvalue weighted by Crippen LogP contribution is -2.43. The molecule has 0 aliphatic heterocycles. The van der Waals surface area contributed by atoms with Crippen molar-refractivity contribution in [3.05, 3.63) is 60.2 Å². The van der Waals surface area contributed by atoms with Gasteiger partial charge in [-0.1, -0.05) is 54.6 Å². The molecule has 3 nitrogen and oxygen atoms in total. The Morgan fingerprint density at radius 1 is 1.05 bits per heavy atom. The molecular weight excluding hydrogens is 296 g/mol. The average molecular weight is 317 g/mol. The van der Waals surface area contributed by atoms with E-state index in [9.17, 15) is 4.79 Å². The summed E-state index contributed by atoms with van der Waals surface area (Å²) >= 11 is 0. The molecule has 1 unspecified atom stereocenters. The summed E-state index contributed by atoms with van der Waals surface area (Å²) in [7, 11) is 0. The van der Waals surface area contributed by atoms with Gasteiger partial charge < -0.3 is 11.1 Å². The minimum atomic E-state index is -0.613. The van der Waals surface area contributed by atoms with Crippen molar-refractivity contribution in [2.45, 2.75) is 31.3 Å². The number of nitrogens with one attached hydrogen (secondary N) is 1. The molecule has 1 aliphatic rings. The molecule has 2 aromatic rings. The number of halogens is 1. The van der Waals surface area contributed by atoms with Crippen molar-refractivity contribution in [1.82, 2.24) is 5.32 Å². The van der Waals surface area contributed by atoms with E-state index >= 15 is 0 Å². The fraction of sp³-hybridized carbons (Fsp3) is 0.278. The van der Waals surface area contributed by atoms with Crippen LogP contribution in [0.25, 0.3) is 11.1 Å². The molecule has 0 saturated heterocycles. The fourth-order valence-electron chi connectivity index (χ4n) is 2.38. The second-order valence-corrected chi connectivity index (χ2v) is 5.84. The van der Waals surface area contributed by atoms with Crippen molar-refractivity contribution in [2.24, 2.45) is 5.73 Å². The molecule has 0 bridgehead atoms. The number of carbonyl (C=O) groups excluding carboxylic acids is 1. The first-order chi connectivity index (χ1) is 10.1. The highest BCUT2D eigenvalue weighted by atomic mass is 35.5. The van der Waals surface area contributed by atoms with Crippen LogP contribution in [0.4, 0.5) is 0 Å². The van der Waals surface area contributed by atoms with Gasteiger partial charge in [-0.15, -0.1) is 12.4 Å². The van der Waals surface area contributed by atoms with E-state index in [0.717, 1.165) is 18.4 Å². The van der Waals surface area contributed by atoms with Crippen LogP contribution in [0.1, 0.15) is 31.4 Å². The van der Waals surface area contributed by atoms with E-state index in [-0.39, 0.29) is 24.4 Å². The molecule has 1 saturated carbocycles. The molecule has 0 heterocycles. The second-order valence-electron chi connectivity index (χ2n) is 5.84. The Labute approximate surface area is 137 Å². The van der Waals surface area contributed by atoms with E-state index in [4.69, 9.17) is 5.73 Å². The summed E-state index contributed by atoms with van der Waals surface area (Å²) in [6.45, 7) is 1.99. The molecule has 0 aromatic heterocycles. The Hall–Kier alpha value is -1.84. The van der Waals surface area contributed by atoms with E-state index in [1.54, 1.807) is 0 Å². The molecule has 1 atom stereocenters. The molecule has 2 aromatic carbocycles. The molecule has 116 valence electrons. The van der Waals surface area contributed by atoms with Crippen molar-refractivity contribution in [2.75, 3.05) is 0 Å². The third kappa shape index (κ3) is 3.49. The van der Waals surface area contributed by atoms with Crippen LogP contribution in [-0.2, 0) is 4.79 Å². The maximum Gasteiger partial charge on any atom is 0.240 e. The zero-order valence-electron chi connectivity index (χ0n) is 12.6. The highest BCUT2D eigenvalue weighted by Gasteiger charge is 2.46. The Morgan fingerprint density at radius 3 is 2.14 bits per heavy atom. The topological polar surface area (TPSA) is 55.1 Å². The molecule has 4 heteroatoms. The predicted molar refractivity (Wildman–Crippen MR) is 91.8 cm³/mol. The lowest BCUT2D eigenvalue weighted by Gasteiger charge is -2.17. The Morgan fingerprint density at radius 2 is 1.59 bits per heavy atom. The van der Waals surface area contributed by atoms with Gasteiger partial charge in [0, 0.05) is 0 Å². The SMILES string of the molecule is CC(NC(=O)C1(N)CC1)c1ccc(-c2ccccc2)cc1.Cl. The van der Waals surface area contributed by atoms with E-state index in [0.29, 0.717) is 0 Å². The zero-order valence-corrected chi connectivity index (χ0v) is 13.4. The van der Waals surface area contributed by atoms with Crippen molar-refractivity contribution in [3.63, 3.8) is 0 Å². The summed E-state index contributed by atoms with van der Waals surface area (Å²) in [5, 5.41) is 2.99. The molecule has 22 heavy (non-hydrogen) atoms. The quantitative estimate of drug-likeness (QED) is 0.907. The lowest BCUT2D eigenvalue weighted by molar-refractivity contribution is -0.123. The van der Waals surface area contributed by atoms with Gasteiger partial charge >= 0.3 is 0 Å². The molecule has 1 fully saturated rings. The van der Waals surface area contributed by atoms with Gasteiger partial charge in [0.2, 0.25) is 5.91 Å². The number of benzene rings is 2. The van der Waals surface area contributed by atoms with E-state index in [2.05, 4.69) is 41.7 Å². The Balaban J connectivity index is 0.00000176. The van der Waals surface area contributed by atoms with Crippen LogP contribution in [-0.4, -0.2) is 11.4 Å². The molecule has 0 spiro atoms. The molecule has 0 radical (unpaired) electrons. The number of hydrogen-bond acceptors (Lipinski definition) is 2. The number of nitrogens with two attached hydrogens (primary N) is 1. The fourth-order valence-corrected chi connectivity index (χ4v) is 2.38. The van der Waals surface area contributed by atoms with Crippen molar-refractivity contribution in [1.29, 1.82) is 0 Å². The third-order valence-corrected chi connectivity index (χ3v) is 4.11. The van der Waals surface area contributed by atoms with Crippen molar-refractivity contribution in [3.8, 4) is 11.1 Å². The second kappa shape index (κ2) is 6.51. The summed E-state index contributed by atoms with van der Waals surface area (Å²) in [4.78, 5) is 12.0. The number of rotatable bonds is 4. The van der Waals surface area contributed by atoms with Crippen molar-refractivity contribution < 1.29 is 4.79 Å². The largest absolute Gasteiger partial charge is 0.348 e. The molecule has 1 amide bonds. The standard InChI is InChI=1S/C18H20N2O.ClH/c1-13(20-17(21)18(19)11-12-18)14-7-9-16(10-8-14)15-5-3-2-4-6-15;/h2-10,13H,11-12,19H2,1H3,(H,20,21);1H. The van der Waals surface area contributed by atoms with E-state index in [1.165, 1.54) is 11.1 Å². The normalized spacial score (nSPS) is 16.3. The van der Waals surface area contributed by atoms with Gasteiger partial charge in [0.15, 0.2) is 0 Å². The molecule has 1 aliphatic carbocycles. The van der Waals surface area contributed by atoms with Crippen LogP contribution in [0.5, 0.6) is 0 Å². The molecule has 3 N–H and O–H groups in total. The van der Waals surface area contributed by atoms with Gasteiger partial charge in [-0.2, -0.15) is 0 Å². The minimum absolute atomic E-state index is 0. The van der Waals surface area contributed by atoms with Gasteiger partial charge in [0.1, 0.15) is 0 Å². The monoisotopic (exact) mass is 316 g/mol. The summed E-state index contributed by atoms with van der Waals surface area (Å²) in [6, 6.07) is 18.5. The van der Waals surface area contributed by atoms with Crippen LogP contribution < -0.4 is 11.1 Å². The highest BCUT2D eigenvalue weighted by Crippen LogP contribution is 2.33. The Bertz CT molecular complexity index is 636. The highest BCUT2D eigenvalue weighted by molar-refractivity contribution is 5.89. The van der Waals surface area contributed by atoms with Crippen LogP contribution in [0.2, 0.25) is 0 Å².